The second-order valence-corrected chi connectivity index (χ2v) is 8.21. The number of nitrogens with one attached hydrogen (secondary N) is 1. The largest absolute Gasteiger partial charge is 0.352 e. The van der Waals surface area contributed by atoms with Gasteiger partial charge in [0.2, 0.25) is 11.1 Å². The maximum atomic E-state index is 12.3. The highest BCUT2D eigenvalue weighted by Crippen LogP contribution is 2.29. The molecule has 0 bridgehead atoms. The van der Waals surface area contributed by atoms with Gasteiger partial charge in [-0.25, -0.2) is 4.68 Å². The number of hydrogen-bond donors (Lipinski definition) is 2. The van der Waals surface area contributed by atoms with E-state index < -0.39 is 0 Å². The zero-order valence-electron chi connectivity index (χ0n) is 15.6. The summed E-state index contributed by atoms with van der Waals surface area (Å²) in [6.07, 6.45) is 3.49. The number of nitrogen functional groups attached to an aromatic ring is 1. The molecule has 1 aromatic carbocycles. The van der Waals surface area contributed by atoms with Crippen molar-refractivity contribution in [2.45, 2.75) is 51.2 Å². The van der Waals surface area contributed by atoms with E-state index in [4.69, 9.17) is 5.84 Å². The lowest BCUT2D eigenvalue weighted by Crippen LogP contribution is -2.44. The number of carbonyl (C=O) groups excluding carboxylic acids is 1. The van der Waals surface area contributed by atoms with E-state index in [1.165, 1.54) is 34.8 Å². The van der Waals surface area contributed by atoms with Crippen molar-refractivity contribution in [3.63, 3.8) is 0 Å². The molecule has 1 aliphatic rings. The lowest BCUT2D eigenvalue weighted by molar-refractivity contribution is -0.120. The Bertz CT molecular complexity index is 758. The summed E-state index contributed by atoms with van der Waals surface area (Å²) in [5, 5.41) is 12.0. The van der Waals surface area contributed by atoms with Gasteiger partial charge in [-0.1, -0.05) is 68.3 Å². The number of benzene rings is 1. The summed E-state index contributed by atoms with van der Waals surface area (Å²) in [6, 6.07) is 8.23. The average molecular weight is 374 g/mol. The highest BCUT2D eigenvalue weighted by atomic mass is 32.2. The van der Waals surface area contributed by atoms with Crippen LogP contribution in [-0.4, -0.2) is 32.6 Å². The molecule has 0 aliphatic heterocycles. The molecular weight excluding hydrogens is 346 g/mol. The zero-order valence-corrected chi connectivity index (χ0v) is 16.4. The topological polar surface area (TPSA) is 85.8 Å². The molecule has 0 saturated heterocycles. The molecule has 7 heteroatoms. The Morgan fingerprint density at radius 2 is 2.00 bits per heavy atom. The first-order valence-corrected chi connectivity index (χ1v) is 10.1. The Morgan fingerprint density at radius 1 is 1.27 bits per heavy atom. The minimum Gasteiger partial charge on any atom is -0.352 e. The Kier molecular flexibility index (Phi) is 5.86. The summed E-state index contributed by atoms with van der Waals surface area (Å²) >= 11 is 1.32. The van der Waals surface area contributed by atoms with Crippen LogP contribution in [-0.2, 0) is 4.79 Å². The van der Waals surface area contributed by atoms with Gasteiger partial charge in [0.1, 0.15) is 0 Å². The van der Waals surface area contributed by atoms with Gasteiger partial charge in [0.05, 0.1) is 5.75 Å². The third-order valence-electron chi connectivity index (χ3n) is 5.36. The Balaban J connectivity index is 1.58. The summed E-state index contributed by atoms with van der Waals surface area (Å²) < 4.78 is 1.45. The third kappa shape index (κ3) is 4.20. The first kappa shape index (κ1) is 18.8. The van der Waals surface area contributed by atoms with Crippen LogP contribution in [0.4, 0.5) is 0 Å². The van der Waals surface area contributed by atoms with Crippen LogP contribution in [0.3, 0.4) is 0 Å². The number of thioether (sulfide) groups is 1. The first-order valence-electron chi connectivity index (χ1n) is 9.15. The van der Waals surface area contributed by atoms with Gasteiger partial charge in [0.15, 0.2) is 5.82 Å². The molecule has 0 unspecified atom stereocenters. The lowest BCUT2D eigenvalue weighted by atomic mass is 9.78. The second-order valence-electron chi connectivity index (χ2n) is 7.27. The van der Waals surface area contributed by atoms with Crippen LogP contribution >= 0.6 is 11.8 Å². The number of nitrogens with two attached hydrogens (primary N) is 1. The number of aromatic nitrogens is 3. The van der Waals surface area contributed by atoms with Crippen molar-refractivity contribution >= 4 is 17.7 Å². The standard InChI is InChI=1S/C19H27N5OS/c1-12-7-9-15(10-8-12)18-22-23-19(24(18)20)26-11-17(25)21-16-6-4-5-13(2)14(16)3/h7-10,13-14,16H,4-6,11,20H2,1-3H3,(H,21,25)/t13-,14-,16+/m1/s1. The maximum absolute atomic E-state index is 12.3. The van der Waals surface area contributed by atoms with Crippen molar-refractivity contribution in [3.05, 3.63) is 29.8 Å². The van der Waals surface area contributed by atoms with Crippen molar-refractivity contribution in [1.82, 2.24) is 20.2 Å². The lowest BCUT2D eigenvalue weighted by Gasteiger charge is -2.34. The van der Waals surface area contributed by atoms with Gasteiger partial charge < -0.3 is 11.2 Å². The molecule has 1 heterocycles. The Labute approximate surface area is 158 Å². The van der Waals surface area contributed by atoms with Crippen LogP contribution in [0.25, 0.3) is 11.4 Å². The predicted molar refractivity (Wildman–Crippen MR) is 105 cm³/mol. The molecule has 2 aromatic rings. The van der Waals surface area contributed by atoms with Crippen LogP contribution in [0.15, 0.2) is 29.4 Å². The van der Waals surface area contributed by atoms with E-state index in [0.717, 1.165) is 12.0 Å². The molecule has 1 aromatic heterocycles. The summed E-state index contributed by atoms with van der Waals surface area (Å²) in [6.45, 7) is 6.53. The molecule has 1 saturated carbocycles. The van der Waals surface area contributed by atoms with Crippen LogP contribution in [0.1, 0.15) is 38.7 Å². The third-order valence-corrected chi connectivity index (χ3v) is 6.30. The van der Waals surface area contributed by atoms with E-state index in [2.05, 4.69) is 29.4 Å². The highest BCUT2D eigenvalue weighted by molar-refractivity contribution is 7.99. The summed E-state index contributed by atoms with van der Waals surface area (Å²) in [4.78, 5) is 12.3. The van der Waals surface area contributed by atoms with Gasteiger partial charge in [-0.05, 0) is 25.2 Å². The Morgan fingerprint density at radius 3 is 2.73 bits per heavy atom. The molecule has 3 atom stereocenters. The fourth-order valence-electron chi connectivity index (χ4n) is 3.44. The van der Waals surface area contributed by atoms with Crippen LogP contribution in [0, 0.1) is 18.8 Å². The zero-order chi connectivity index (χ0) is 18.7. The van der Waals surface area contributed by atoms with Crippen molar-refractivity contribution in [1.29, 1.82) is 0 Å². The second kappa shape index (κ2) is 8.12. The van der Waals surface area contributed by atoms with Gasteiger partial charge in [-0.15, -0.1) is 10.2 Å². The number of amides is 1. The summed E-state index contributed by atoms with van der Waals surface area (Å²) in [5.74, 6) is 8.22. The molecule has 1 amide bonds. The van der Waals surface area contributed by atoms with Crippen molar-refractivity contribution < 1.29 is 4.79 Å². The summed E-state index contributed by atoms with van der Waals surface area (Å²) in [5.41, 5.74) is 2.08. The monoisotopic (exact) mass is 373 g/mol. The molecule has 1 fully saturated rings. The molecule has 0 radical (unpaired) electrons. The van der Waals surface area contributed by atoms with E-state index in [-0.39, 0.29) is 11.9 Å². The fourth-order valence-corrected chi connectivity index (χ4v) is 4.11. The minimum absolute atomic E-state index is 0.0286. The minimum atomic E-state index is 0.0286. The van der Waals surface area contributed by atoms with Gasteiger partial charge in [0.25, 0.3) is 0 Å². The van der Waals surface area contributed by atoms with Gasteiger partial charge in [-0.2, -0.15) is 0 Å². The number of nitrogens with zero attached hydrogens (tertiary/aromatic N) is 3. The normalized spacial score (nSPS) is 23.0. The molecule has 140 valence electrons. The van der Waals surface area contributed by atoms with Crippen molar-refractivity contribution in [2.75, 3.05) is 11.6 Å². The van der Waals surface area contributed by atoms with Gasteiger partial charge in [0, 0.05) is 11.6 Å². The fraction of sp³-hybridized carbons (Fsp3) is 0.526. The number of hydrogen-bond acceptors (Lipinski definition) is 5. The average Bonchev–Trinajstić information content (AvgIpc) is 2.99. The Hall–Kier alpha value is -2.02. The molecular formula is C19H27N5OS. The van der Waals surface area contributed by atoms with Crippen LogP contribution in [0.5, 0.6) is 0 Å². The first-order chi connectivity index (χ1) is 12.5. The number of rotatable bonds is 5. The van der Waals surface area contributed by atoms with Gasteiger partial charge in [-0.3, -0.25) is 4.79 Å². The summed E-state index contributed by atoms with van der Waals surface area (Å²) in [7, 11) is 0. The maximum Gasteiger partial charge on any atom is 0.230 e. The highest BCUT2D eigenvalue weighted by Gasteiger charge is 2.28. The van der Waals surface area contributed by atoms with Gasteiger partial charge >= 0.3 is 0 Å². The van der Waals surface area contributed by atoms with E-state index >= 15 is 0 Å². The molecule has 3 N–H and O–H groups in total. The number of aryl methyl sites for hydroxylation is 1. The molecule has 1 aliphatic carbocycles. The predicted octanol–water partition coefficient (Wildman–Crippen LogP) is 3.00. The molecule has 3 rings (SSSR count). The van der Waals surface area contributed by atoms with Crippen molar-refractivity contribution in [3.8, 4) is 11.4 Å². The van der Waals surface area contributed by atoms with E-state index in [1.54, 1.807) is 0 Å². The van der Waals surface area contributed by atoms with E-state index in [9.17, 15) is 4.79 Å². The molecule has 0 spiro atoms. The molecule has 6 nitrogen and oxygen atoms in total. The number of carbonyl (C=O) groups is 1. The van der Waals surface area contributed by atoms with E-state index in [1.807, 2.05) is 31.2 Å². The smallest absolute Gasteiger partial charge is 0.230 e. The van der Waals surface area contributed by atoms with Crippen LogP contribution in [0.2, 0.25) is 0 Å². The molecule has 26 heavy (non-hydrogen) atoms. The van der Waals surface area contributed by atoms with Crippen molar-refractivity contribution in [2.24, 2.45) is 11.8 Å². The van der Waals surface area contributed by atoms with E-state index in [0.29, 0.717) is 28.6 Å². The SMILES string of the molecule is Cc1ccc(-c2nnc(SCC(=O)N[C@H]3CCC[C@@H](C)[C@H]3C)n2N)cc1. The van der Waals surface area contributed by atoms with Crippen LogP contribution < -0.4 is 11.2 Å². The quantitative estimate of drug-likeness (QED) is 0.621.